The van der Waals surface area contributed by atoms with Gasteiger partial charge in [0.2, 0.25) is 0 Å². The van der Waals surface area contributed by atoms with Crippen molar-refractivity contribution < 1.29 is 15.0 Å². The van der Waals surface area contributed by atoms with Gasteiger partial charge in [-0.2, -0.15) is 4.89 Å². The molecular weight excluding hydrogens is 342 g/mol. The van der Waals surface area contributed by atoms with Gasteiger partial charge in [-0.25, -0.2) is 0 Å². The molecule has 0 bridgehead atoms. The summed E-state index contributed by atoms with van der Waals surface area (Å²) in [6.07, 6.45) is 23.7. The monoisotopic (exact) mass is 387 g/mol. The summed E-state index contributed by atoms with van der Waals surface area (Å²) in [6.45, 7) is 5.92. The van der Waals surface area contributed by atoms with E-state index in [0.717, 1.165) is 19.3 Å². The third kappa shape index (κ3) is 21.3. The van der Waals surface area contributed by atoms with Gasteiger partial charge in [0, 0.05) is 0 Å². The van der Waals surface area contributed by atoms with Crippen LogP contribution in [0.15, 0.2) is 0 Å². The molecule has 0 saturated carbocycles. The standard InChI is InChI=1S/C22H45NO4/c1-4-5-6-7-8-9-10-11-12-13-14-15-16-17-18-19-20-21-22(2,3)26-27-23(24)25/h4-21H2,1-3H3. The number of hydrogen-bond donors (Lipinski definition) is 0. The van der Waals surface area contributed by atoms with Crippen LogP contribution in [0, 0.1) is 10.1 Å². The van der Waals surface area contributed by atoms with Gasteiger partial charge in [-0.3, -0.25) is 0 Å². The van der Waals surface area contributed by atoms with Crippen molar-refractivity contribution >= 4 is 0 Å². The number of unbranched alkanes of at least 4 members (excludes halogenated alkanes) is 16. The first kappa shape index (κ1) is 26.2. The van der Waals surface area contributed by atoms with E-state index in [1.165, 1.54) is 96.3 Å². The van der Waals surface area contributed by atoms with Crippen LogP contribution in [-0.2, 0) is 9.88 Å². The summed E-state index contributed by atoms with van der Waals surface area (Å²) in [6, 6.07) is 0. The van der Waals surface area contributed by atoms with Crippen LogP contribution in [0.25, 0.3) is 0 Å². The fourth-order valence-electron chi connectivity index (χ4n) is 3.45. The third-order valence-electron chi connectivity index (χ3n) is 5.21. The van der Waals surface area contributed by atoms with Gasteiger partial charge in [0.1, 0.15) is 0 Å². The first-order chi connectivity index (χ1) is 13.0. The fourth-order valence-corrected chi connectivity index (χ4v) is 3.45. The highest BCUT2D eigenvalue weighted by atomic mass is 17.3. The molecule has 0 saturated heterocycles. The second kappa shape index (κ2) is 18.5. The lowest BCUT2D eigenvalue weighted by molar-refractivity contribution is -0.859. The molecule has 5 nitrogen and oxygen atoms in total. The van der Waals surface area contributed by atoms with Crippen LogP contribution in [0.4, 0.5) is 0 Å². The zero-order valence-electron chi connectivity index (χ0n) is 18.3. The molecule has 0 fully saturated rings. The quantitative estimate of drug-likeness (QED) is 0.0867. The highest BCUT2D eigenvalue weighted by Crippen LogP contribution is 2.20. The lowest BCUT2D eigenvalue weighted by Crippen LogP contribution is -2.25. The third-order valence-corrected chi connectivity index (χ3v) is 5.21. The Kier molecular flexibility index (Phi) is 17.9. The minimum absolute atomic E-state index is 0.595. The van der Waals surface area contributed by atoms with Gasteiger partial charge in [-0.1, -0.05) is 116 Å². The maximum Gasteiger partial charge on any atom is 0.322 e. The lowest BCUT2D eigenvalue weighted by atomic mass is 9.99. The van der Waals surface area contributed by atoms with Crippen LogP contribution in [0.1, 0.15) is 136 Å². The Morgan fingerprint density at radius 2 is 1.00 bits per heavy atom. The molecule has 0 spiro atoms. The zero-order chi connectivity index (χ0) is 20.2. The summed E-state index contributed by atoms with van der Waals surface area (Å²) in [5.74, 6) is 0. The maximum atomic E-state index is 10.1. The van der Waals surface area contributed by atoms with E-state index in [9.17, 15) is 10.1 Å². The van der Waals surface area contributed by atoms with E-state index in [2.05, 4.69) is 11.9 Å². The molecule has 5 heteroatoms. The van der Waals surface area contributed by atoms with E-state index in [0.29, 0.717) is 0 Å². The van der Waals surface area contributed by atoms with E-state index in [1.807, 2.05) is 13.8 Å². The number of nitrogens with zero attached hydrogens (tertiary/aromatic N) is 1. The predicted molar refractivity (Wildman–Crippen MR) is 112 cm³/mol. The molecule has 0 radical (unpaired) electrons. The molecule has 0 aliphatic heterocycles. The topological polar surface area (TPSA) is 61.6 Å². The Labute approximate surface area is 167 Å². The number of hydrogen-bond acceptors (Lipinski definition) is 4. The Morgan fingerprint density at radius 1 is 0.667 bits per heavy atom. The van der Waals surface area contributed by atoms with Crippen molar-refractivity contribution in [2.45, 2.75) is 142 Å². The molecule has 0 aromatic carbocycles. The van der Waals surface area contributed by atoms with Gasteiger partial charge in [0.15, 0.2) is 0 Å². The van der Waals surface area contributed by atoms with Crippen molar-refractivity contribution in [1.82, 2.24) is 0 Å². The fraction of sp³-hybridized carbons (Fsp3) is 1.00. The molecule has 0 aromatic heterocycles. The van der Waals surface area contributed by atoms with Gasteiger partial charge >= 0.3 is 5.09 Å². The van der Waals surface area contributed by atoms with Gasteiger partial charge in [0.25, 0.3) is 0 Å². The van der Waals surface area contributed by atoms with Crippen LogP contribution in [-0.4, -0.2) is 10.7 Å². The lowest BCUT2D eigenvalue weighted by Gasteiger charge is -2.21. The van der Waals surface area contributed by atoms with E-state index in [4.69, 9.17) is 4.89 Å². The van der Waals surface area contributed by atoms with E-state index in [1.54, 1.807) is 0 Å². The zero-order valence-corrected chi connectivity index (χ0v) is 18.3. The van der Waals surface area contributed by atoms with Gasteiger partial charge in [0.05, 0.1) is 5.60 Å². The van der Waals surface area contributed by atoms with Crippen LogP contribution < -0.4 is 0 Å². The molecule has 0 aromatic rings. The molecule has 0 rings (SSSR count). The Bertz CT molecular complexity index is 334. The molecular formula is C22H45NO4. The van der Waals surface area contributed by atoms with Crippen LogP contribution in [0.5, 0.6) is 0 Å². The highest BCUT2D eigenvalue weighted by molar-refractivity contribution is 4.66. The second-order valence-electron chi connectivity index (χ2n) is 8.55. The SMILES string of the molecule is CCCCCCCCCCCCCCCCCCCC(C)(C)OO[N+](=O)[O-]. The molecule has 0 N–H and O–H groups in total. The average Bonchev–Trinajstić information content (AvgIpc) is 2.62. The van der Waals surface area contributed by atoms with Gasteiger partial charge in [-0.05, 0) is 20.3 Å². The van der Waals surface area contributed by atoms with Gasteiger partial charge < -0.3 is 0 Å². The summed E-state index contributed by atoms with van der Waals surface area (Å²) in [4.78, 5) is 19.0. The van der Waals surface area contributed by atoms with E-state index < -0.39 is 10.7 Å². The summed E-state index contributed by atoms with van der Waals surface area (Å²) >= 11 is 0. The molecule has 0 aliphatic rings. The average molecular weight is 388 g/mol. The molecule has 0 unspecified atom stereocenters. The first-order valence-electron chi connectivity index (χ1n) is 11.5. The van der Waals surface area contributed by atoms with Crippen molar-refractivity contribution in [3.8, 4) is 0 Å². The van der Waals surface area contributed by atoms with Gasteiger partial charge in [-0.15, -0.1) is 15.1 Å². The molecule has 0 atom stereocenters. The smallest absolute Gasteiger partial charge is 0.193 e. The van der Waals surface area contributed by atoms with E-state index in [-0.39, 0.29) is 0 Å². The highest BCUT2D eigenvalue weighted by Gasteiger charge is 2.20. The molecule has 0 heterocycles. The molecule has 27 heavy (non-hydrogen) atoms. The number of rotatable bonds is 21. The van der Waals surface area contributed by atoms with Crippen LogP contribution in [0.2, 0.25) is 0 Å². The first-order valence-corrected chi connectivity index (χ1v) is 11.5. The Balaban J connectivity index is 3.19. The van der Waals surface area contributed by atoms with Crippen molar-refractivity contribution in [3.05, 3.63) is 10.1 Å². The summed E-state index contributed by atoms with van der Waals surface area (Å²) < 4.78 is 0. The minimum Gasteiger partial charge on any atom is -0.193 e. The molecule has 0 amide bonds. The Morgan fingerprint density at radius 3 is 1.33 bits per heavy atom. The molecule has 162 valence electrons. The second-order valence-corrected chi connectivity index (χ2v) is 8.55. The summed E-state index contributed by atoms with van der Waals surface area (Å²) in [7, 11) is 0. The van der Waals surface area contributed by atoms with Crippen molar-refractivity contribution in [2.24, 2.45) is 0 Å². The van der Waals surface area contributed by atoms with E-state index >= 15 is 0 Å². The predicted octanol–water partition coefficient (Wildman–Crippen LogP) is 7.95. The Hall–Kier alpha value is -0.840. The normalized spacial score (nSPS) is 11.7. The van der Waals surface area contributed by atoms with Crippen molar-refractivity contribution in [1.29, 1.82) is 0 Å². The molecule has 0 aliphatic carbocycles. The summed E-state index contributed by atoms with van der Waals surface area (Å²) in [5, 5.41) is 9.23. The largest absolute Gasteiger partial charge is 0.322 e. The van der Waals surface area contributed by atoms with Crippen molar-refractivity contribution in [3.63, 3.8) is 0 Å². The van der Waals surface area contributed by atoms with Crippen molar-refractivity contribution in [2.75, 3.05) is 0 Å². The minimum atomic E-state index is -0.906. The summed E-state index contributed by atoms with van der Waals surface area (Å²) in [5.41, 5.74) is -0.595. The van der Waals surface area contributed by atoms with Crippen LogP contribution >= 0.6 is 0 Å². The maximum absolute atomic E-state index is 10.1. The van der Waals surface area contributed by atoms with Crippen LogP contribution in [0.3, 0.4) is 0 Å².